The lowest BCUT2D eigenvalue weighted by Crippen LogP contribution is -2.31. The maximum Gasteiger partial charge on any atom is 0.222 e. The van der Waals surface area contributed by atoms with Crippen molar-refractivity contribution < 1.29 is 9.53 Å². The van der Waals surface area contributed by atoms with Crippen LogP contribution in [0.1, 0.15) is 46.7 Å². The molecule has 6 nitrogen and oxygen atoms in total. The Morgan fingerprint density at radius 1 is 1.48 bits per heavy atom. The number of nitrogens with two attached hydrogens (primary N) is 1. The number of aromatic nitrogens is 2. The van der Waals surface area contributed by atoms with Crippen molar-refractivity contribution in [3.63, 3.8) is 0 Å². The predicted octanol–water partition coefficient (Wildman–Crippen LogP) is 3.64. The Bertz CT molecular complexity index is 760. The predicted molar refractivity (Wildman–Crippen MR) is 101 cm³/mol. The van der Waals surface area contributed by atoms with Crippen molar-refractivity contribution in [2.24, 2.45) is 0 Å². The Labute approximate surface area is 156 Å². The third-order valence-corrected chi connectivity index (χ3v) is 5.59. The number of ketones is 1. The molecule has 0 radical (unpaired) electrons. The highest BCUT2D eigenvalue weighted by Gasteiger charge is 2.29. The van der Waals surface area contributed by atoms with E-state index < -0.39 is 0 Å². The number of nitrogens with zero attached hydrogens (tertiary/aromatic N) is 3. The number of carbonyl (C=O) groups is 1. The number of anilines is 2. The van der Waals surface area contributed by atoms with Gasteiger partial charge in [-0.15, -0.1) is 11.3 Å². The molecular weight excluding hydrogens is 360 g/mol. The molecule has 0 aliphatic carbocycles. The second-order valence-corrected chi connectivity index (χ2v) is 7.63. The third kappa shape index (κ3) is 3.94. The number of nitrogen functional groups attached to an aromatic ring is 1. The molecule has 8 heteroatoms. The number of carbonyl (C=O) groups excluding carboxylic acids is 1. The van der Waals surface area contributed by atoms with Crippen molar-refractivity contribution in [3.8, 4) is 0 Å². The van der Waals surface area contributed by atoms with Gasteiger partial charge < -0.3 is 15.4 Å². The van der Waals surface area contributed by atoms with E-state index in [-0.39, 0.29) is 17.8 Å². The maximum absolute atomic E-state index is 12.0. The highest BCUT2D eigenvalue weighted by Crippen LogP contribution is 2.38. The first kappa shape index (κ1) is 18.1. The molecule has 1 atom stereocenters. The lowest BCUT2D eigenvalue weighted by atomic mass is 10.1. The summed E-state index contributed by atoms with van der Waals surface area (Å²) in [6.45, 7) is 5.67. The molecule has 0 amide bonds. The fourth-order valence-electron chi connectivity index (χ4n) is 2.95. The lowest BCUT2D eigenvalue weighted by molar-refractivity contribution is 0.0991. The van der Waals surface area contributed by atoms with Gasteiger partial charge in [0.05, 0.1) is 21.9 Å². The monoisotopic (exact) mass is 380 g/mol. The Morgan fingerprint density at radius 2 is 2.28 bits per heavy atom. The van der Waals surface area contributed by atoms with Crippen molar-refractivity contribution in [2.75, 3.05) is 30.4 Å². The molecule has 1 aliphatic rings. The van der Waals surface area contributed by atoms with Crippen molar-refractivity contribution >= 4 is 40.5 Å². The molecule has 3 heterocycles. The molecule has 1 saturated heterocycles. The summed E-state index contributed by atoms with van der Waals surface area (Å²) in [7, 11) is 0. The first-order valence-electron chi connectivity index (χ1n) is 8.27. The van der Waals surface area contributed by atoms with E-state index in [1.165, 1.54) is 11.3 Å². The normalized spacial score (nSPS) is 18.2. The van der Waals surface area contributed by atoms with E-state index in [1.54, 1.807) is 0 Å². The second kappa shape index (κ2) is 7.68. The molecular formula is C17H21ClN4O2S. The van der Waals surface area contributed by atoms with Gasteiger partial charge in [-0.3, -0.25) is 4.79 Å². The number of thiophene rings is 1. The molecule has 0 bridgehead atoms. The van der Waals surface area contributed by atoms with Crippen LogP contribution < -0.4 is 10.6 Å². The zero-order valence-electron chi connectivity index (χ0n) is 14.3. The topological polar surface area (TPSA) is 81.3 Å². The van der Waals surface area contributed by atoms with Gasteiger partial charge in [0.1, 0.15) is 5.82 Å². The van der Waals surface area contributed by atoms with Crippen molar-refractivity contribution in [3.05, 3.63) is 32.6 Å². The molecule has 1 fully saturated rings. The van der Waals surface area contributed by atoms with Crippen LogP contribution in [-0.2, 0) is 4.74 Å². The Kier molecular flexibility index (Phi) is 5.56. The summed E-state index contributed by atoms with van der Waals surface area (Å²) >= 11 is 7.80. The zero-order valence-corrected chi connectivity index (χ0v) is 15.9. The average Bonchev–Trinajstić information content (AvgIpc) is 2.80. The number of hydrogen-bond donors (Lipinski definition) is 1. The lowest BCUT2D eigenvalue weighted by Gasteiger charge is -2.30. The summed E-state index contributed by atoms with van der Waals surface area (Å²) in [5.41, 5.74) is 7.55. The van der Waals surface area contributed by atoms with Crippen molar-refractivity contribution in [1.82, 2.24) is 9.97 Å². The highest BCUT2D eigenvalue weighted by atomic mass is 35.5. The number of hydrogen-bond acceptors (Lipinski definition) is 7. The minimum Gasteiger partial charge on any atom is -0.379 e. The standard InChI is InChI=1S/C17H21ClN4O2S/c1-3-13(23)14-8-11(16(18)25-14)12-9-24-6-4-5-22(12)15-7-10(2)20-17(19)21-15/h7-8,12H,3-6,9H2,1-2H3,(H2,19,20,21). The van der Waals surface area contributed by atoms with Gasteiger partial charge >= 0.3 is 0 Å². The number of halogens is 1. The average molecular weight is 381 g/mol. The van der Waals surface area contributed by atoms with Gasteiger partial charge in [0.25, 0.3) is 0 Å². The second-order valence-electron chi connectivity index (χ2n) is 5.98. The Morgan fingerprint density at radius 3 is 3.00 bits per heavy atom. The quantitative estimate of drug-likeness (QED) is 0.815. The van der Waals surface area contributed by atoms with E-state index in [0.29, 0.717) is 28.8 Å². The maximum atomic E-state index is 12.0. The summed E-state index contributed by atoms with van der Waals surface area (Å²) < 4.78 is 6.39. The van der Waals surface area contributed by atoms with E-state index in [2.05, 4.69) is 14.9 Å². The van der Waals surface area contributed by atoms with Crippen LogP contribution in [0.3, 0.4) is 0 Å². The van der Waals surface area contributed by atoms with Crippen LogP contribution in [0.5, 0.6) is 0 Å². The molecule has 2 aromatic rings. The molecule has 1 unspecified atom stereocenters. The molecule has 1 aliphatic heterocycles. The fraction of sp³-hybridized carbons (Fsp3) is 0.471. The van der Waals surface area contributed by atoms with Crippen LogP contribution in [0.25, 0.3) is 0 Å². The third-order valence-electron chi connectivity index (χ3n) is 4.16. The molecule has 0 aromatic carbocycles. The SMILES string of the molecule is CCC(=O)c1cc(C2COCCCN2c2cc(C)nc(N)n2)c(Cl)s1. The molecule has 2 N–H and O–H groups in total. The molecule has 25 heavy (non-hydrogen) atoms. The largest absolute Gasteiger partial charge is 0.379 e. The summed E-state index contributed by atoms with van der Waals surface area (Å²) in [4.78, 5) is 23.4. The van der Waals surface area contributed by atoms with Crippen molar-refractivity contribution in [2.45, 2.75) is 32.7 Å². The highest BCUT2D eigenvalue weighted by molar-refractivity contribution is 7.18. The van der Waals surface area contributed by atoms with E-state index in [1.807, 2.05) is 26.0 Å². The van der Waals surface area contributed by atoms with Crippen LogP contribution >= 0.6 is 22.9 Å². The molecule has 2 aromatic heterocycles. The van der Waals surface area contributed by atoms with E-state index in [4.69, 9.17) is 22.1 Å². The number of aryl methyl sites for hydroxylation is 1. The van der Waals surface area contributed by atoms with Crippen LogP contribution in [-0.4, -0.2) is 35.5 Å². The summed E-state index contributed by atoms with van der Waals surface area (Å²) in [6.07, 6.45) is 1.34. The minimum atomic E-state index is -0.113. The van der Waals surface area contributed by atoms with Crippen LogP contribution in [0.4, 0.5) is 11.8 Å². The van der Waals surface area contributed by atoms with E-state index in [0.717, 1.165) is 30.0 Å². The molecule has 3 rings (SSSR count). The number of Topliss-reactive ketones (excluding diaryl/α,β-unsaturated/α-hetero) is 1. The van der Waals surface area contributed by atoms with Gasteiger partial charge in [-0.25, -0.2) is 4.98 Å². The zero-order chi connectivity index (χ0) is 18.0. The van der Waals surface area contributed by atoms with Gasteiger partial charge in [-0.2, -0.15) is 4.98 Å². The van der Waals surface area contributed by atoms with E-state index >= 15 is 0 Å². The molecule has 0 spiro atoms. The van der Waals surface area contributed by atoms with Gasteiger partial charge in [0, 0.05) is 36.9 Å². The molecule has 134 valence electrons. The fourth-order valence-corrected chi connectivity index (χ4v) is 4.33. The first-order chi connectivity index (χ1) is 12.0. The van der Waals surface area contributed by atoms with Gasteiger partial charge in [0.15, 0.2) is 5.78 Å². The van der Waals surface area contributed by atoms with Crippen LogP contribution in [0.15, 0.2) is 12.1 Å². The first-order valence-corrected chi connectivity index (χ1v) is 9.47. The van der Waals surface area contributed by atoms with Gasteiger partial charge in [-0.05, 0) is 19.4 Å². The molecule has 0 saturated carbocycles. The summed E-state index contributed by atoms with van der Waals surface area (Å²) in [6, 6.07) is 3.69. The van der Waals surface area contributed by atoms with Gasteiger partial charge in [0.2, 0.25) is 5.95 Å². The summed E-state index contributed by atoms with van der Waals surface area (Å²) in [5.74, 6) is 1.10. The van der Waals surface area contributed by atoms with Crippen LogP contribution in [0, 0.1) is 6.92 Å². The smallest absolute Gasteiger partial charge is 0.222 e. The summed E-state index contributed by atoms with van der Waals surface area (Å²) in [5, 5.41) is 0. The Balaban J connectivity index is 2.01. The van der Waals surface area contributed by atoms with E-state index in [9.17, 15) is 4.79 Å². The van der Waals surface area contributed by atoms with Gasteiger partial charge in [-0.1, -0.05) is 18.5 Å². The van der Waals surface area contributed by atoms with Crippen LogP contribution in [0.2, 0.25) is 4.34 Å². The van der Waals surface area contributed by atoms with Crippen molar-refractivity contribution in [1.29, 1.82) is 0 Å². The number of rotatable bonds is 4. The number of ether oxygens (including phenoxy) is 1. The Hall–Kier alpha value is -1.70. The minimum absolute atomic E-state index is 0.0985.